The van der Waals surface area contributed by atoms with E-state index >= 15 is 0 Å². The molecule has 0 atom stereocenters. The number of nitrogens with zero attached hydrogens (tertiary/aromatic N) is 2. The van der Waals surface area contributed by atoms with Gasteiger partial charge in [0.15, 0.2) is 5.69 Å². The van der Waals surface area contributed by atoms with Crippen LogP contribution in [0.4, 0.5) is 0 Å². The number of aryl methyl sites for hydroxylation is 1. The highest BCUT2D eigenvalue weighted by atomic mass is 16.2. The van der Waals surface area contributed by atoms with Gasteiger partial charge in [-0.05, 0) is 25.5 Å². The summed E-state index contributed by atoms with van der Waals surface area (Å²) < 4.78 is 1.73. The SMILES string of the molecule is CC(C)NC(=O)c1cc(-c2ccccc2)n(C)n1. The first-order chi connectivity index (χ1) is 8.58. The number of amides is 1. The molecule has 0 unspecified atom stereocenters. The van der Waals surface area contributed by atoms with Crippen molar-refractivity contribution in [2.24, 2.45) is 7.05 Å². The van der Waals surface area contributed by atoms with Crippen molar-refractivity contribution in [3.8, 4) is 11.3 Å². The molecule has 0 fully saturated rings. The van der Waals surface area contributed by atoms with Gasteiger partial charge in [0.1, 0.15) is 0 Å². The van der Waals surface area contributed by atoms with Crippen molar-refractivity contribution in [2.75, 3.05) is 0 Å². The maximum Gasteiger partial charge on any atom is 0.271 e. The molecule has 0 saturated heterocycles. The maximum absolute atomic E-state index is 11.9. The van der Waals surface area contributed by atoms with Crippen molar-refractivity contribution in [1.82, 2.24) is 15.1 Å². The average Bonchev–Trinajstić information content (AvgIpc) is 2.72. The molecule has 0 saturated carbocycles. The van der Waals surface area contributed by atoms with Gasteiger partial charge in [-0.3, -0.25) is 9.48 Å². The van der Waals surface area contributed by atoms with E-state index in [-0.39, 0.29) is 11.9 Å². The molecule has 4 nitrogen and oxygen atoms in total. The number of carbonyl (C=O) groups excluding carboxylic acids is 1. The maximum atomic E-state index is 11.9. The number of carbonyl (C=O) groups is 1. The molecule has 2 rings (SSSR count). The molecular weight excluding hydrogens is 226 g/mol. The van der Waals surface area contributed by atoms with E-state index in [1.54, 1.807) is 4.68 Å². The Bertz CT molecular complexity index is 543. The zero-order valence-electron chi connectivity index (χ0n) is 10.8. The highest BCUT2D eigenvalue weighted by Crippen LogP contribution is 2.19. The van der Waals surface area contributed by atoms with Gasteiger partial charge in [0.25, 0.3) is 5.91 Å². The van der Waals surface area contributed by atoms with Gasteiger partial charge in [-0.2, -0.15) is 5.10 Å². The van der Waals surface area contributed by atoms with E-state index in [9.17, 15) is 4.79 Å². The second-order valence-corrected chi connectivity index (χ2v) is 4.53. The van der Waals surface area contributed by atoms with E-state index in [1.165, 1.54) is 0 Å². The average molecular weight is 243 g/mol. The largest absolute Gasteiger partial charge is 0.348 e. The summed E-state index contributed by atoms with van der Waals surface area (Å²) in [7, 11) is 1.84. The lowest BCUT2D eigenvalue weighted by molar-refractivity contribution is 0.0937. The van der Waals surface area contributed by atoms with E-state index in [0.29, 0.717) is 5.69 Å². The number of hydrogen-bond donors (Lipinski definition) is 1. The number of aromatic nitrogens is 2. The van der Waals surface area contributed by atoms with Crippen LogP contribution in [0.5, 0.6) is 0 Å². The molecule has 2 aromatic rings. The predicted octanol–water partition coefficient (Wildman–Crippen LogP) is 2.23. The Hall–Kier alpha value is -2.10. The fourth-order valence-electron chi connectivity index (χ4n) is 1.79. The Kier molecular flexibility index (Phi) is 3.46. The van der Waals surface area contributed by atoms with Crippen LogP contribution in [0.2, 0.25) is 0 Å². The lowest BCUT2D eigenvalue weighted by Crippen LogP contribution is -2.30. The Labute approximate surface area is 107 Å². The second-order valence-electron chi connectivity index (χ2n) is 4.53. The van der Waals surface area contributed by atoms with Crippen LogP contribution in [-0.4, -0.2) is 21.7 Å². The minimum atomic E-state index is -0.136. The summed E-state index contributed by atoms with van der Waals surface area (Å²) in [5.74, 6) is -0.136. The van der Waals surface area contributed by atoms with E-state index < -0.39 is 0 Å². The molecule has 0 aliphatic rings. The van der Waals surface area contributed by atoms with Crippen LogP contribution in [-0.2, 0) is 7.05 Å². The summed E-state index contributed by atoms with van der Waals surface area (Å²) in [4.78, 5) is 11.9. The van der Waals surface area contributed by atoms with Crippen molar-refractivity contribution >= 4 is 5.91 Å². The molecule has 1 heterocycles. The fourth-order valence-corrected chi connectivity index (χ4v) is 1.79. The zero-order chi connectivity index (χ0) is 13.1. The third-order valence-electron chi connectivity index (χ3n) is 2.60. The number of hydrogen-bond acceptors (Lipinski definition) is 2. The molecule has 4 heteroatoms. The van der Waals surface area contributed by atoms with Crippen molar-refractivity contribution in [3.63, 3.8) is 0 Å². The smallest absolute Gasteiger partial charge is 0.271 e. The van der Waals surface area contributed by atoms with Gasteiger partial charge >= 0.3 is 0 Å². The molecule has 0 spiro atoms. The van der Waals surface area contributed by atoms with E-state index in [4.69, 9.17) is 0 Å². The van der Waals surface area contributed by atoms with Crippen molar-refractivity contribution in [1.29, 1.82) is 0 Å². The van der Waals surface area contributed by atoms with Gasteiger partial charge < -0.3 is 5.32 Å². The molecule has 0 radical (unpaired) electrons. The molecule has 1 amide bonds. The molecule has 18 heavy (non-hydrogen) atoms. The van der Waals surface area contributed by atoms with Crippen LogP contribution < -0.4 is 5.32 Å². The van der Waals surface area contributed by atoms with Gasteiger partial charge in [-0.15, -0.1) is 0 Å². The first-order valence-corrected chi connectivity index (χ1v) is 5.98. The Balaban J connectivity index is 2.30. The van der Waals surface area contributed by atoms with Crippen LogP contribution in [0.1, 0.15) is 24.3 Å². The number of benzene rings is 1. The minimum Gasteiger partial charge on any atom is -0.348 e. The monoisotopic (exact) mass is 243 g/mol. The zero-order valence-corrected chi connectivity index (χ0v) is 10.8. The lowest BCUT2D eigenvalue weighted by atomic mass is 10.1. The molecule has 94 valence electrons. The predicted molar refractivity (Wildman–Crippen MR) is 71.2 cm³/mol. The van der Waals surface area contributed by atoms with Crippen molar-refractivity contribution in [2.45, 2.75) is 19.9 Å². The minimum absolute atomic E-state index is 0.111. The van der Waals surface area contributed by atoms with Crippen LogP contribution in [0.25, 0.3) is 11.3 Å². The van der Waals surface area contributed by atoms with E-state index in [1.807, 2.05) is 57.3 Å². The summed E-state index contributed by atoms with van der Waals surface area (Å²) in [6, 6.07) is 11.8. The molecule has 1 aromatic heterocycles. The summed E-state index contributed by atoms with van der Waals surface area (Å²) in [6.07, 6.45) is 0. The Morgan fingerprint density at radius 2 is 1.94 bits per heavy atom. The van der Waals surface area contributed by atoms with Crippen LogP contribution >= 0.6 is 0 Å². The third-order valence-corrected chi connectivity index (χ3v) is 2.60. The van der Waals surface area contributed by atoms with Gasteiger partial charge in [0.2, 0.25) is 0 Å². The van der Waals surface area contributed by atoms with Crippen LogP contribution in [0.3, 0.4) is 0 Å². The van der Waals surface area contributed by atoms with Gasteiger partial charge in [0.05, 0.1) is 5.69 Å². The fraction of sp³-hybridized carbons (Fsp3) is 0.286. The summed E-state index contributed by atoms with van der Waals surface area (Å²) in [5.41, 5.74) is 2.44. The van der Waals surface area contributed by atoms with E-state index in [2.05, 4.69) is 10.4 Å². The quantitative estimate of drug-likeness (QED) is 0.898. The van der Waals surface area contributed by atoms with Crippen molar-refractivity contribution in [3.05, 3.63) is 42.1 Å². The number of rotatable bonds is 3. The molecule has 1 aromatic carbocycles. The molecule has 1 N–H and O–H groups in total. The number of nitrogens with one attached hydrogen (secondary N) is 1. The molecular formula is C14H17N3O. The van der Waals surface area contributed by atoms with Gasteiger partial charge in [-0.25, -0.2) is 0 Å². The molecule has 0 bridgehead atoms. The topological polar surface area (TPSA) is 46.9 Å². The van der Waals surface area contributed by atoms with Gasteiger partial charge in [-0.1, -0.05) is 30.3 Å². The first-order valence-electron chi connectivity index (χ1n) is 5.98. The summed E-state index contributed by atoms with van der Waals surface area (Å²) in [5, 5.41) is 7.08. The van der Waals surface area contributed by atoms with Gasteiger partial charge in [0, 0.05) is 13.1 Å². The standard InChI is InChI=1S/C14H17N3O/c1-10(2)15-14(18)12-9-13(17(3)16-12)11-7-5-4-6-8-11/h4-10H,1-3H3,(H,15,18). The summed E-state index contributed by atoms with van der Waals surface area (Å²) in [6.45, 7) is 3.86. The second kappa shape index (κ2) is 5.04. The highest BCUT2D eigenvalue weighted by molar-refractivity contribution is 5.93. The molecule has 0 aliphatic heterocycles. The summed E-state index contributed by atoms with van der Waals surface area (Å²) >= 11 is 0. The van der Waals surface area contributed by atoms with Crippen molar-refractivity contribution < 1.29 is 4.79 Å². The van der Waals surface area contributed by atoms with E-state index in [0.717, 1.165) is 11.3 Å². The molecule has 0 aliphatic carbocycles. The normalized spacial score (nSPS) is 10.7. The third kappa shape index (κ3) is 2.59. The Morgan fingerprint density at radius 3 is 2.56 bits per heavy atom. The van der Waals surface area contributed by atoms with Crippen LogP contribution in [0.15, 0.2) is 36.4 Å². The highest BCUT2D eigenvalue weighted by Gasteiger charge is 2.14. The lowest BCUT2D eigenvalue weighted by Gasteiger charge is -2.04. The first kappa shape index (κ1) is 12.4. The Morgan fingerprint density at radius 1 is 1.28 bits per heavy atom. The van der Waals surface area contributed by atoms with Crippen LogP contribution in [0, 0.1) is 0 Å².